The van der Waals surface area contributed by atoms with Crippen LogP contribution >= 0.6 is 11.3 Å². The van der Waals surface area contributed by atoms with Gasteiger partial charge in [0.25, 0.3) is 5.91 Å². The fourth-order valence-corrected chi connectivity index (χ4v) is 3.45. The Bertz CT molecular complexity index is 1130. The lowest BCUT2D eigenvalue weighted by Crippen LogP contribution is -2.17. The van der Waals surface area contributed by atoms with Gasteiger partial charge in [-0.25, -0.2) is 5.43 Å². The molecule has 2 aromatic carbocycles. The van der Waals surface area contributed by atoms with E-state index in [1.807, 2.05) is 60.8 Å². The molecule has 2 heterocycles. The maximum Gasteiger partial charge on any atom is 0.271 e. The Morgan fingerprint density at radius 3 is 2.66 bits per heavy atom. The van der Waals surface area contributed by atoms with E-state index in [0.717, 1.165) is 21.6 Å². The number of hydrazone groups is 1. The molecule has 0 saturated carbocycles. The number of hydrogen-bond donors (Lipinski definition) is 1. The van der Waals surface area contributed by atoms with Gasteiger partial charge in [-0.15, -0.1) is 21.5 Å². The number of rotatable bonds is 6. The number of aryl methyl sites for hydroxylation is 1. The van der Waals surface area contributed by atoms with Crippen molar-refractivity contribution in [3.63, 3.8) is 0 Å². The van der Waals surface area contributed by atoms with Crippen LogP contribution in [0.15, 0.2) is 71.1 Å². The summed E-state index contributed by atoms with van der Waals surface area (Å²) in [5, 5.41) is 18.6. The minimum atomic E-state index is -0.257. The number of nitrogens with zero attached hydrogens (tertiary/aromatic N) is 5. The second kappa shape index (κ2) is 8.57. The molecule has 0 spiro atoms. The highest BCUT2D eigenvalue weighted by molar-refractivity contribution is 7.11. The normalized spacial score (nSPS) is 11.1. The van der Waals surface area contributed by atoms with Crippen molar-refractivity contribution in [3.05, 3.63) is 87.6 Å². The first-order valence-electron chi connectivity index (χ1n) is 8.99. The van der Waals surface area contributed by atoms with E-state index in [1.165, 1.54) is 4.80 Å². The van der Waals surface area contributed by atoms with Gasteiger partial charge in [0.2, 0.25) is 5.82 Å². The van der Waals surface area contributed by atoms with Gasteiger partial charge >= 0.3 is 0 Å². The molecule has 0 fully saturated rings. The second-order valence-corrected chi connectivity index (χ2v) is 7.32. The maximum atomic E-state index is 12.2. The van der Waals surface area contributed by atoms with Gasteiger partial charge in [-0.2, -0.15) is 9.90 Å². The SMILES string of the molecule is Cc1ccsc1/C=N/NC(=O)c1ccc(Cn2nnc(-c3ccccc3)n2)cc1. The Morgan fingerprint density at radius 2 is 1.93 bits per heavy atom. The van der Waals surface area contributed by atoms with Crippen LogP contribution in [-0.4, -0.2) is 32.3 Å². The molecule has 4 aromatic rings. The van der Waals surface area contributed by atoms with Crippen LogP contribution in [0.5, 0.6) is 0 Å². The Balaban J connectivity index is 1.37. The van der Waals surface area contributed by atoms with E-state index in [-0.39, 0.29) is 5.91 Å². The molecular formula is C21H18N6OS. The summed E-state index contributed by atoms with van der Waals surface area (Å²) < 4.78 is 0. The van der Waals surface area contributed by atoms with Crippen molar-refractivity contribution < 1.29 is 4.79 Å². The molecule has 2 aromatic heterocycles. The third-order valence-electron chi connectivity index (χ3n) is 4.27. The molecule has 4 rings (SSSR count). The Kier molecular flexibility index (Phi) is 5.53. The molecule has 0 atom stereocenters. The largest absolute Gasteiger partial charge is 0.271 e. The van der Waals surface area contributed by atoms with Gasteiger partial charge in [-0.1, -0.05) is 42.5 Å². The zero-order valence-corrected chi connectivity index (χ0v) is 16.5. The topological polar surface area (TPSA) is 85.1 Å². The third kappa shape index (κ3) is 4.61. The summed E-state index contributed by atoms with van der Waals surface area (Å²) in [5.41, 5.74) is 6.11. The van der Waals surface area contributed by atoms with Crippen molar-refractivity contribution in [1.29, 1.82) is 0 Å². The van der Waals surface area contributed by atoms with Crippen LogP contribution in [0, 0.1) is 6.92 Å². The fraction of sp³-hybridized carbons (Fsp3) is 0.0952. The van der Waals surface area contributed by atoms with Crippen molar-refractivity contribution in [2.45, 2.75) is 13.5 Å². The van der Waals surface area contributed by atoms with Gasteiger partial charge in [-0.05, 0) is 46.8 Å². The van der Waals surface area contributed by atoms with Gasteiger partial charge < -0.3 is 0 Å². The van der Waals surface area contributed by atoms with Crippen LogP contribution in [-0.2, 0) is 6.54 Å². The predicted molar refractivity (Wildman–Crippen MR) is 113 cm³/mol. The summed E-state index contributed by atoms with van der Waals surface area (Å²) in [7, 11) is 0. The molecule has 29 heavy (non-hydrogen) atoms. The minimum absolute atomic E-state index is 0.257. The predicted octanol–water partition coefficient (Wildman–Crippen LogP) is 3.52. The lowest BCUT2D eigenvalue weighted by molar-refractivity contribution is 0.0955. The highest BCUT2D eigenvalue weighted by Crippen LogP contribution is 2.13. The van der Waals surface area contributed by atoms with E-state index >= 15 is 0 Å². The van der Waals surface area contributed by atoms with Crippen molar-refractivity contribution >= 4 is 23.5 Å². The number of tetrazole rings is 1. The second-order valence-electron chi connectivity index (χ2n) is 6.37. The van der Waals surface area contributed by atoms with Crippen LogP contribution in [0.2, 0.25) is 0 Å². The zero-order chi connectivity index (χ0) is 20.1. The lowest BCUT2D eigenvalue weighted by Gasteiger charge is -2.03. The lowest BCUT2D eigenvalue weighted by atomic mass is 10.1. The van der Waals surface area contributed by atoms with Crippen LogP contribution < -0.4 is 5.43 Å². The quantitative estimate of drug-likeness (QED) is 0.395. The van der Waals surface area contributed by atoms with E-state index < -0.39 is 0 Å². The number of amides is 1. The highest BCUT2D eigenvalue weighted by atomic mass is 32.1. The van der Waals surface area contributed by atoms with Crippen molar-refractivity contribution in [3.8, 4) is 11.4 Å². The summed E-state index contributed by atoms with van der Waals surface area (Å²) in [5.74, 6) is 0.327. The summed E-state index contributed by atoms with van der Waals surface area (Å²) in [6.45, 7) is 2.47. The van der Waals surface area contributed by atoms with Crippen molar-refractivity contribution in [2.24, 2.45) is 5.10 Å². The van der Waals surface area contributed by atoms with E-state index in [2.05, 4.69) is 25.9 Å². The molecule has 1 N–H and O–H groups in total. The highest BCUT2D eigenvalue weighted by Gasteiger charge is 2.08. The van der Waals surface area contributed by atoms with Crippen LogP contribution in [0.4, 0.5) is 0 Å². The van der Waals surface area contributed by atoms with Gasteiger partial charge in [0, 0.05) is 16.0 Å². The number of hydrogen-bond acceptors (Lipinski definition) is 6. The summed E-state index contributed by atoms with van der Waals surface area (Å²) >= 11 is 1.58. The molecule has 0 aliphatic heterocycles. The van der Waals surface area contributed by atoms with Gasteiger partial charge in [-0.3, -0.25) is 4.79 Å². The minimum Gasteiger partial charge on any atom is -0.267 e. The van der Waals surface area contributed by atoms with Crippen molar-refractivity contribution in [1.82, 2.24) is 25.6 Å². The summed E-state index contributed by atoms with van der Waals surface area (Å²) in [6, 6.07) is 19.0. The molecule has 0 bridgehead atoms. The van der Waals surface area contributed by atoms with Crippen LogP contribution in [0.1, 0.15) is 26.4 Å². The van der Waals surface area contributed by atoms with Gasteiger partial charge in [0.05, 0.1) is 12.8 Å². The van der Waals surface area contributed by atoms with Crippen LogP contribution in [0.3, 0.4) is 0 Å². The van der Waals surface area contributed by atoms with Crippen LogP contribution in [0.25, 0.3) is 11.4 Å². The third-order valence-corrected chi connectivity index (χ3v) is 5.23. The molecule has 7 nitrogen and oxygen atoms in total. The molecule has 0 saturated heterocycles. The monoisotopic (exact) mass is 402 g/mol. The number of benzene rings is 2. The van der Waals surface area contributed by atoms with Gasteiger partial charge in [0.1, 0.15) is 0 Å². The summed E-state index contributed by atoms with van der Waals surface area (Å²) in [4.78, 5) is 14.8. The van der Waals surface area contributed by atoms with E-state index in [4.69, 9.17) is 0 Å². The maximum absolute atomic E-state index is 12.2. The first kappa shape index (κ1) is 18.7. The fourth-order valence-electron chi connectivity index (χ4n) is 2.67. The first-order chi connectivity index (χ1) is 14.2. The Labute approximate surface area is 171 Å². The standard InChI is InChI=1S/C21H18N6OS/c1-15-11-12-29-19(15)13-22-24-21(28)18-9-7-16(8-10-18)14-27-25-20(23-26-27)17-5-3-2-4-6-17/h2-13H,14H2,1H3,(H,24,28)/b22-13+. The molecule has 0 aliphatic carbocycles. The summed E-state index contributed by atoms with van der Waals surface area (Å²) in [6.07, 6.45) is 1.66. The number of aromatic nitrogens is 4. The average Bonchev–Trinajstić information content (AvgIpc) is 3.38. The van der Waals surface area contributed by atoms with E-state index in [0.29, 0.717) is 17.9 Å². The molecule has 0 unspecified atom stereocenters. The molecule has 8 heteroatoms. The van der Waals surface area contributed by atoms with E-state index in [1.54, 1.807) is 29.7 Å². The Hall–Kier alpha value is -3.65. The van der Waals surface area contributed by atoms with E-state index in [9.17, 15) is 4.79 Å². The average molecular weight is 402 g/mol. The number of carbonyl (C=O) groups is 1. The molecule has 0 aliphatic rings. The zero-order valence-electron chi connectivity index (χ0n) is 15.7. The number of carbonyl (C=O) groups excluding carboxylic acids is 1. The smallest absolute Gasteiger partial charge is 0.267 e. The van der Waals surface area contributed by atoms with Crippen molar-refractivity contribution in [2.75, 3.05) is 0 Å². The molecule has 0 radical (unpaired) electrons. The Morgan fingerprint density at radius 1 is 1.14 bits per heavy atom. The first-order valence-corrected chi connectivity index (χ1v) is 9.87. The molecular weight excluding hydrogens is 384 g/mol. The van der Waals surface area contributed by atoms with Gasteiger partial charge in [0.15, 0.2) is 0 Å². The number of thiophene rings is 1. The number of nitrogens with one attached hydrogen (secondary N) is 1. The molecule has 144 valence electrons. The molecule has 1 amide bonds.